The largest absolute Gasteiger partial charge is 0.339 e. The molecular formula is C15H13N5O2S. The zero-order valence-electron chi connectivity index (χ0n) is 12.4. The van der Waals surface area contributed by atoms with E-state index in [0.29, 0.717) is 35.3 Å². The highest BCUT2D eigenvalue weighted by atomic mass is 32.1. The highest BCUT2D eigenvalue weighted by Crippen LogP contribution is 2.39. The summed E-state index contributed by atoms with van der Waals surface area (Å²) in [5, 5.41) is 6.70. The molecule has 1 fully saturated rings. The van der Waals surface area contributed by atoms with Gasteiger partial charge in [-0.1, -0.05) is 5.16 Å². The smallest absolute Gasteiger partial charge is 0.262 e. The Morgan fingerprint density at radius 1 is 1.43 bits per heavy atom. The normalized spacial score (nSPS) is 15.0. The second kappa shape index (κ2) is 4.51. The molecule has 0 saturated heterocycles. The predicted octanol–water partition coefficient (Wildman–Crippen LogP) is 2.66. The number of thiophene rings is 1. The summed E-state index contributed by atoms with van der Waals surface area (Å²) < 4.78 is 8.99. The van der Waals surface area contributed by atoms with Gasteiger partial charge >= 0.3 is 0 Å². The van der Waals surface area contributed by atoms with Crippen LogP contribution in [0, 0.1) is 0 Å². The molecule has 0 aromatic carbocycles. The highest BCUT2D eigenvalue weighted by Gasteiger charge is 2.30. The van der Waals surface area contributed by atoms with Crippen molar-refractivity contribution in [1.29, 1.82) is 0 Å². The van der Waals surface area contributed by atoms with Gasteiger partial charge in [0.2, 0.25) is 11.7 Å². The summed E-state index contributed by atoms with van der Waals surface area (Å²) in [6.45, 7) is 2.50. The van der Waals surface area contributed by atoms with Crippen LogP contribution in [0.3, 0.4) is 0 Å². The average molecular weight is 327 g/mol. The van der Waals surface area contributed by atoms with Crippen molar-refractivity contribution in [3.63, 3.8) is 0 Å². The molecule has 1 saturated carbocycles. The molecule has 23 heavy (non-hydrogen) atoms. The molecule has 4 heterocycles. The van der Waals surface area contributed by atoms with Gasteiger partial charge in [-0.25, -0.2) is 4.98 Å². The third-order valence-electron chi connectivity index (χ3n) is 4.23. The molecular weight excluding hydrogens is 314 g/mol. The standard InChI is InChI=1S/C15H13N5O2S/c1-2-19-13-10(11-17-12(22-18-11)8-3-4-8)16-7-20(13)15-9(14(19)21)5-6-23-15/h5-8H,2-4H2,1H3. The summed E-state index contributed by atoms with van der Waals surface area (Å²) in [5.74, 6) is 1.51. The summed E-state index contributed by atoms with van der Waals surface area (Å²) >= 11 is 1.52. The first kappa shape index (κ1) is 13.0. The van der Waals surface area contributed by atoms with Crippen molar-refractivity contribution < 1.29 is 4.52 Å². The summed E-state index contributed by atoms with van der Waals surface area (Å²) in [5.41, 5.74) is 1.30. The minimum absolute atomic E-state index is 0.0103. The molecule has 0 aliphatic heterocycles. The van der Waals surface area contributed by atoms with E-state index in [0.717, 1.165) is 23.3 Å². The summed E-state index contributed by atoms with van der Waals surface area (Å²) in [4.78, 5) is 22.5. The minimum atomic E-state index is -0.0103. The van der Waals surface area contributed by atoms with Crippen LogP contribution in [0.2, 0.25) is 0 Å². The Balaban J connectivity index is 1.84. The average Bonchev–Trinajstić information content (AvgIpc) is 2.99. The van der Waals surface area contributed by atoms with Gasteiger partial charge in [0.05, 0.1) is 5.39 Å². The van der Waals surface area contributed by atoms with Crippen molar-refractivity contribution in [2.75, 3.05) is 0 Å². The van der Waals surface area contributed by atoms with Crippen molar-refractivity contribution >= 4 is 27.2 Å². The molecule has 7 nitrogen and oxygen atoms in total. The number of aromatic nitrogens is 5. The van der Waals surface area contributed by atoms with Gasteiger partial charge in [-0.05, 0) is 31.2 Å². The van der Waals surface area contributed by atoms with Gasteiger partial charge in [0.15, 0.2) is 11.3 Å². The Labute approximate surface area is 134 Å². The Hall–Kier alpha value is -2.48. The Morgan fingerprint density at radius 2 is 2.30 bits per heavy atom. The zero-order chi connectivity index (χ0) is 15.6. The third kappa shape index (κ3) is 1.75. The fourth-order valence-electron chi connectivity index (χ4n) is 2.92. The lowest BCUT2D eigenvalue weighted by molar-refractivity contribution is 0.380. The fraction of sp³-hybridized carbons (Fsp3) is 0.333. The van der Waals surface area contributed by atoms with Gasteiger partial charge < -0.3 is 4.52 Å². The van der Waals surface area contributed by atoms with Crippen LogP contribution in [0.25, 0.3) is 27.4 Å². The van der Waals surface area contributed by atoms with Crippen molar-refractivity contribution in [1.82, 2.24) is 24.1 Å². The molecule has 0 unspecified atom stereocenters. The number of nitrogens with zero attached hydrogens (tertiary/aromatic N) is 5. The number of aryl methyl sites for hydroxylation is 1. The van der Waals surface area contributed by atoms with Crippen molar-refractivity contribution in [2.45, 2.75) is 32.2 Å². The quantitative estimate of drug-likeness (QED) is 0.578. The van der Waals surface area contributed by atoms with Gasteiger partial charge in [-0.3, -0.25) is 13.8 Å². The number of hydrogen-bond acceptors (Lipinski definition) is 6. The highest BCUT2D eigenvalue weighted by molar-refractivity contribution is 7.16. The molecule has 4 aromatic heterocycles. The summed E-state index contributed by atoms with van der Waals surface area (Å²) in [6, 6.07) is 1.85. The number of fused-ring (bicyclic) bond motifs is 3. The van der Waals surface area contributed by atoms with E-state index in [1.165, 1.54) is 11.3 Å². The van der Waals surface area contributed by atoms with Crippen LogP contribution in [0.5, 0.6) is 0 Å². The van der Waals surface area contributed by atoms with Gasteiger partial charge in [0, 0.05) is 12.5 Å². The lowest BCUT2D eigenvalue weighted by Crippen LogP contribution is -2.21. The molecule has 1 aliphatic rings. The van der Waals surface area contributed by atoms with Crippen LogP contribution in [0.1, 0.15) is 31.6 Å². The van der Waals surface area contributed by atoms with Gasteiger partial charge in [-0.2, -0.15) is 4.98 Å². The molecule has 116 valence electrons. The molecule has 0 spiro atoms. The van der Waals surface area contributed by atoms with E-state index in [1.54, 1.807) is 10.9 Å². The summed E-state index contributed by atoms with van der Waals surface area (Å²) in [6.07, 6.45) is 3.92. The molecule has 8 heteroatoms. The van der Waals surface area contributed by atoms with Crippen LogP contribution >= 0.6 is 11.3 Å². The van der Waals surface area contributed by atoms with Crippen molar-refractivity contribution in [3.05, 3.63) is 34.0 Å². The number of rotatable bonds is 3. The monoisotopic (exact) mass is 327 g/mol. The van der Waals surface area contributed by atoms with E-state index in [9.17, 15) is 4.79 Å². The second-order valence-electron chi connectivity index (χ2n) is 5.71. The van der Waals surface area contributed by atoms with Crippen LogP contribution < -0.4 is 5.56 Å². The Kier molecular flexibility index (Phi) is 2.55. The van der Waals surface area contributed by atoms with E-state index in [-0.39, 0.29) is 5.56 Å². The fourth-order valence-corrected chi connectivity index (χ4v) is 3.78. The third-order valence-corrected chi connectivity index (χ3v) is 5.15. The van der Waals surface area contributed by atoms with Crippen LogP contribution in [-0.4, -0.2) is 24.1 Å². The predicted molar refractivity (Wildman–Crippen MR) is 85.8 cm³/mol. The van der Waals surface area contributed by atoms with E-state index < -0.39 is 0 Å². The van der Waals surface area contributed by atoms with E-state index >= 15 is 0 Å². The molecule has 0 bridgehead atoms. The lowest BCUT2D eigenvalue weighted by atomic mass is 10.3. The van der Waals surface area contributed by atoms with Gasteiger partial charge in [-0.15, -0.1) is 11.3 Å². The molecule has 0 amide bonds. The molecule has 5 rings (SSSR count). The van der Waals surface area contributed by atoms with E-state index in [2.05, 4.69) is 15.1 Å². The number of hydrogen-bond donors (Lipinski definition) is 0. The van der Waals surface area contributed by atoms with Crippen molar-refractivity contribution in [3.8, 4) is 11.5 Å². The molecule has 1 aliphatic carbocycles. The molecule has 0 radical (unpaired) electrons. The Bertz CT molecular complexity index is 1100. The molecule has 4 aromatic rings. The first-order chi connectivity index (χ1) is 11.3. The minimum Gasteiger partial charge on any atom is -0.339 e. The molecule has 0 atom stereocenters. The van der Waals surface area contributed by atoms with Gasteiger partial charge in [0.25, 0.3) is 5.56 Å². The van der Waals surface area contributed by atoms with Crippen molar-refractivity contribution in [2.24, 2.45) is 0 Å². The number of imidazole rings is 1. The van der Waals surface area contributed by atoms with Gasteiger partial charge in [0.1, 0.15) is 11.2 Å². The van der Waals surface area contributed by atoms with E-state index in [4.69, 9.17) is 4.52 Å². The SMILES string of the molecule is CCn1c(=O)c2ccsc2n2cnc(-c3noc(C4CC4)n3)c12. The maximum Gasteiger partial charge on any atom is 0.262 e. The van der Waals surface area contributed by atoms with E-state index in [1.807, 2.05) is 22.8 Å². The maximum absolute atomic E-state index is 12.7. The maximum atomic E-state index is 12.7. The zero-order valence-corrected chi connectivity index (χ0v) is 13.2. The first-order valence-electron chi connectivity index (χ1n) is 7.59. The topological polar surface area (TPSA) is 78.2 Å². The lowest BCUT2D eigenvalue weighted by Gasteiger charge is -2.07. The Morgan fingerprint density at radius 3 is 3.09 bits per heavy atom. The van der Waals surface area contributed by atoms with Crippen LogP contribution in [0.4, 0.5) is 0 Å². The first-order valence-corrected chi connectivity index (χ1v) is 8.47. The second-order valence-corrected chi connectivity index (χ2v) is 6.60. The molecule has 0 N–H and O–H groups in total. The van der Waals surface area contributed by atoms with Crippen LogP contribution in [-0.2, 0) is 6.54 Å². The summed E-state index contributed by atoms with van der Waals surface area (Å²) in [7, 11) is 0. The van der Waals surface area contributed by atoms with Crippen LogP contribution in [0.15, 0.2) is 27.1 Å².